The van der Waals surface area contributed by atoms with Crippen LogP contribution in [0.3, 0.4) is 0 Å². The first-order chi connectivity index (χ1) is 12.5. The molecule has 1 aliphatic rings. The summed E-state index contributed by atoms with van der Waals surface area (Å²) < 4.78 is 28.7. The molecule has 0 unspecified atom stereocenters. The number of benzene rings is 2. The van der Waals surface area contributed by atoms with E-state index in [0.717, 1.165) is 9.99 Å². The number of fused-ring (bicyclic) bond motifs is 1. The van der Waals surface area contributed by atoms with Crippen molar-refractivity contribution in [3.05, 3.63) is 72.4 Å². The van der Waals surface area contributed by atoms with Crippen molar-refractivity contribution in [2.75, 3.05) is 10.8 Å². The summed E-state index contributed by atoms with van der Waals surface area (Å²) in [5.74, 6) is -1.94. The maximum Gasteiger partial charge on any atom is 0.312 e. The number of rotatable bonds is 4. The van der Waals surface area contributed by atoms with Crippen molar-refractivity contribution >= 4 is 21.7 Å². The highest BCUT2D eigenvalue weighted by molar-refractivity contribution is 7.92. The largest absolute Gasteiger partial charge is 0.481 e. The van der Waals surface area contributed by atoms with Gasteiger partial charge in [0.05, 0.1) is 17.9 Å². The van der Waals surface area contributed by atoms with Gasteiger partial charge in [-0.15, -0.1) is 0 Å². The van der Waals surface area contributed by atoms with Gasteiger partial charge < -0.3 is 5.11 Å². The Morgan fingerprint density at radius 2 is 1.73 bits per heavy atom. The zero-order valence-electron chi connectivity index (χ0n) is 13.6. The molecular formula is C18H15N3O4S. The average molecular weight is 369 g/mol. The minimum atomic E-state index is -3.97. The molecule has 0 aliphatic carbocycles. The van der Waals surface area contributed by atoms with Crippen LogP contribution in [0.2, 0.25) is 0 Å². The lowest BCUT2D eigenvalue weighted by Gasteiger charge is -2.18. The van der Waals surface area contributed by atoms with E-state index in [9.17, 15) is 18.3 Å². The molecule has 8 heteroatoms. The second-order valence-electron chi connectivity index (χ2n) is 5.92. The van der Waals surface area contributed by atoms with Crippen LogP contribution in [0.25, 0.3) is 5.69 Å². The Kier molecular flexibility index (Phi) is 3.77. The number of para-hydroxylation sites is 2. The van der Waals surface area contributed by atoms with E-state index in [1.54, 1.807) is 30.5 Å². The first-order valence-electron chi connectivity index (χ1n) is 7.94. The fraction of sp³-hybridized carbons (Fsp3) is 0.111. The summed E-state index contributed by atoms with van der Waals surface area (Å²) in [6.07, 6.45) is 1.57. The van der Waals surface area contributed by atoms with Crippen molar-refractivity contribution in [3.63, 3.8) is 0 Å². The van der Waals surface area contributed by atoms with Gasteiger partial charge in [-0.1, -0.05) is 36.4 Å². The Morgan fingerprint density at radius 3 is 2.46 bits per heavy atom. The van der Waals surface area contributed by atoms with E-state index in [4.69, 9.17) is 0 Å². The molecule has 1 aliphatic heterocycles. The van der Waals surface area contributed by atoms with Crippen LogP contribution in [0.5, 0.6) is 0 Å². The van der Waals surface area contributed by atoms with E-state index < -0.39 is 21.9 Å². The monoisotopic (exact) mass is 369 g/mol. The number of hydrogen-bond donors (Lipinski definition) is 1. The lowest BCUT2D eigenvalue weighted by molar-refractivity contribution is -0.138. The summed E-state index contributed by atoms with van der Waals surface area (Å²) in [5, 5.41) is 13.5. The Labute approximate surface area is 150 Å². The maximum absolute atomic E-state index is 13.1. The number of aromatic nitrogens is 2. The number of carbonyl (C=O) groups is 1. The van der Waals surface area contributed by atoms with Gasteiger partial charge in [0, 0.05) is 6.20 Å². The van der Waals surface area contributed by atoms with Crippen molar-refractivity contribution in [2.24, 2.45) is 0 Å². The van der Waals surface area contributed by atoms with Crippen molar-refractivity contribution in [3.8, 4) is 5.69 Å². The molecule has 0 amide bonds. The van der Waals surface area contributed by atoms with Gasteiger partial charge in [-0.05, 0) is 29.8 Å². The first-order valence-corrected chi connectivity index (χ1v) is 9.38. The minimum absolute atomic E-state index is 0.123. The second-order valence-corrected chi connectivity index (χ2v) is 7.73. The van der Waals surface area contributed by atoms with E-state index in [2.05, 4.69) is 5.10 Å². The number of aliphatic carboxylic acids is 1. The van der Waals surface area contributed by atoms with Crippen molar-refractivity contribution < 1.29 is 18.3 Å². The van der Waals surface area contributed by atoms with Crippen LogP contribution < -0.4 is 4.31 Å². The summed E-state index contributed by atoms with van der Waals surface area (Å²) in [7, 11) is -3.97. The predicted molar refractivity (Wildman–Crippen MR) is 94.9 cm³/mol. The van der Waals surface area contributed by atoms with Gasteiger partial charge in [-0.2, -0.15) is 13.5 Å². The quantitative estimate of drug-likeness (QED) is 0.761. The van der Waals surface area contributed by atoms with Gasteiger partial charge in [0.1, 0.15) is 5.92 Å². The number of nitrogens with zero attached hydrogens (tertiary/aromatic N) is 3. The summed E-state index contributed by atoms with van der Waals surface area (Å²) in [4.78, 5) is 11.5. The topological polar surface area (TPSA) is 92.5 Å². The number of carboxylic acids is 1. The number of sulfonamides is 1. The van der Waals surface area contributed by atoms with Gasteiger partial charge in [0.15, 0.2) is 5.03 Å². The lowest BCUT2D eigenvalue weighted by Crippen LogP contribution is -2.31. The molecule has 132 valence electrons. The Morgan fingerprint density at radius 1 is 1.04 bits per heavy atom. The Hall–Kier alpha value is -3.13. The molecule has 0 radical (unpaired) electrons. The zero-order chi connectivity index (χ0) is 18.3. The number of hydrogen-bond acceptors (Lipinski definition) is 4. The molecule has 1 atom stereocenters. The molecule has 26 heavy (non-hydrogen) atoms. The standard InChI is InChI=1S/C18H15N3O4S/c22-18(23)15-12-21(16-9-5-4-8-14(15)16)26(24,25)17-10-11-20(19-17)13-6-2-1-3-7-13/h1-11,15H,12H2,(H,22,23)/t15-/m1/s1. The van der Waals surface area contributed by atoms with E-state index in [0.29, 0.717) is 11.3 Å². The minimum Gasteiger partial charge on any atom is -0.481 e. The Balaban J connectivity index is 1.74. The third-order valence-corrected chi connectivity index (χ3v) is 6.04. The predicted octanol–water partition coefficient (Wildman–Crippen LogP) is 2.25. The second kappa shape index (κ2) is 5.99. The first kappa shape index (κ1) is 16.3. The molecule has 0 spiro atoms. The van der Waals surface area contributed by atoms with Gasteiger partial charge in [0.2, 0.25) is 0 Å². The van der Waals surface area contributed by atoms with Gasteiger partial charge in [-0.25, -0.2) is 4.68 Å². The smallest absolute Gasteiger partial charge is 0.312 e. The Bertz CT molecular complexity index is 1080. The molecule has 0 saturated carbocycles. The van der Waals surface area contributed by atoms with Crippen molar-refractivity contribution in [1.29, 1.82) is 0 Å². The SMILES string of the molecule is O=C(O)[C@@H]1CN(S(=O)(=O)c2ccn(-c3ccccc3)n2)c2ccccc21. The van der Waals surface area contributed by atoms with Crippen molar-refractivity contribution in [1.82, 2.24) is 9.78 Å². The number of carboxylic acid groups (broad SMARTS) is 1. The highest BCUT2D eigenvalue weighted by Gasteiger charge is 2.40. The molecule has 1 aromatic heterocycles. The fourth-order valence-electron chi connectivity index (χ4n) is 3.09. The average Bonchev–Trinajstić information content (AvgIpc) is 3.28. The van der Waals surface area contributed by atoms with E-state index in [-0.39, 0.29) is 11.6 Å². The van der Waals surface area contributed by atoms with Crippen LogP contribution in [0.15, 0.2) is 71.9 Å². The highest BCUT2D eigenvalue weighted by Crippen LogP contribution is 2.39. The molecule has 1 N–H and O–H groups in total. The molecule has 7 nitrogen and oxygen atoms in total. The zero-order valence-corrected chi connectivity index (χ0v) is 14.4. The summed E-state index contributed by atoms with van der Waals surface area (Å²) >= 11 is 0. The fourth-order valence-corrected chi connectivity index (χ4v) is 4.51. The summed E-state index contributed by atoms with van der Waals surface area (Å²) in [6.45, 7) is -0.144. The van der Waals surface area contributed by atoms with Gasteiger partial charge in [0.25, 0.3) is 10.0 Å². The van der Waals surface area contributed by atoms with E-state index in [1.807, 2.05) is 30.3 Å². The summed E-state index contributed by atoms with van der Waals surface area (Å²) in [5.41, 5.74) is 1.61. The molecular weight excluding hydrogens is 354 g/mol. The van der Waals surface area contributed by atoms with Gasteiger partial charge >= 0.3 is 5.97 Å². The lowest BCUT2D eigenvalue weighted by atomic mass is 10.0. The molecule has 0 saturated heterocycles. The maximum atomic E-state index is 13.1. The van der Waals surface area contributed by atoms with Crippen molar-refractivity contribution in [2.45, 2.75) is 10.9 Å². The van der Waals surface area contributed by atoms with Crippen LogP contribution in [-0.4, -0.2) is 35.8 Å². The van der Waals surface area contributed by atoms with Crippen LogP contribution in [-0.2, 0) is 14.8 Å². The molecule has 2 heterocycles. The van der Waals surface area contributed by atoms with E-state index in [1.165, 1.54) is 10.7 Å². The third-order valence-electron chi connectivity index (χ3n) is 4.37. The number of anilines is 1. The van der Waals surface area contributed by atoms with Crippen LogP contribution in [0.1, 0.15) is 11.5 Å². The van der Waals surface area contributed by atoms with Gasteiger partial charge in [-0.3, -0.25) is 9.10 Å². The molecule has 4 rings (SSSR count). The normalized spacial score (nSPS) is 16.5. The molecule has 0 fully saturated rings. The summed E-state index contributed by atoms with van der Waals surface area (Å²) in [6, 6.07) is 17.2. The third kappa shape index (κ3) is 2.55. The van der Waals surface area contributed by atoms with Crippen LogP contribution in [0, 0.1) is 0 Å². The van der Waals surface area contributed by atoms with Crippen LogP contribution in [0.4, 0.5) is 5.69 Å². The van der Waals surface area contributed by atoms with Crippen LogP contribution >= 0.6 is 0 Å². The van der Waals surface area contributed by atoms with E-state index >= 15 is 0 Å². The molecule has 0 bridgehead atoms. The highest BCUT2D eigenvalue weighted by atomic mass is 32.2. The molecule has 2 aromatic carbocycles. The molecule has 3 aromatic rings.